The second-order valence-electron chi connectivity index (χ2n) is 3.19. The maximum atomic E-state index is 9.57. The molecule has 1 aromatic carbocycles. The zero-order chi connectivity index (χ0) is 8.55. The van der Waals surface area contributed by atoms with Crippen molar-refractivity contribution in [2.24, 2.45) is 0 Å². The summed E-state index contributed by atoms with van der Waals surface area (Å²) in [6.07, 6.45) is 0.366. The molecule has 0 saturated carbocycles. The molecule has 0 spiro atoms. The lowest BCUT2D eigenvalue weighted by Gasteiger charge is -2.22. The van der Waals surface area contributed by atoms with Gasteiger partial charge in [0.1, 0.15) is 5.75 Å². The first kappa shape index (κ1) is 7.62. The van der Waals surface area contributed by atoms with Crippen molar-refractivity contribution in [3.8, 4) is 5.75 Å². The zero-order valence-corrected chi connectivity index (χ0v) is 7.08. The lowest BCUT2D eigenvalue weighted by atomic mass is 10.0. The third-order valence-corrected chi connectivity index (χ3v) is 2.18. The van der Waals surface area contributed by atoms with E-state index in [9.17, 15) is 5.11 Å². The molecule has 0 unspecified atom stereocenters. The number of hydrogen-bond acceptors (Lipinski definition) is 2. The Hall–Kier alpha value is -1.02. The predicted octanol–water partition coefficient (Wildman–Crippen LogP) is 1.81. The van der Waals surface area contributed by atoms with Crippen molar-refractivity contribution in [1.82, 2.24) is 0 Å². The second kappa shape index (κ2) is 2.79. The first-order valence-corrected chi connectivity index (χ1v) is 4.19. The van der Waals surface area contributed by atoms with E-state index in [-0.39, 0.29) is 6.10 Å². The smallest absolute Gasteiger partial charge is 0.125 e. The molecule has 64 valence electrons. The summed E-state index contributed by atoms with van der Waals surface area (Å²) in [6.45, 7) is 2.64. The lowest BCUT2D eigenvalue weighted by Crippen LogP contribution is -2.13. The van der Waals surface area contributed by atoms with Gasteiger partial charge in [0.05, 0.1) is 12.7 Å². The van der Waals surface area contributed by atoms with Crippen LogP contribution in [0.4, 0.5) is 0 Å². The van der Waals surface area contributed by atoms with Crippen LogP contribution in [0.1, 0.15) is 23.7 Å². The van der Waals surface area contributed by atoms with Crippen molar-refractivity contribution in [3.05, 3.63) is 29.3 Å². The van der Waals surface area contributed by atoms with Gasteiger partial charge < -0.3 is 9.84 Å². The number of rotatable bonds is 0. The van der Waals surface area contributed by atoms with Crippen LogP contribution >= 0.6 is 0 Å². The highest BCUT2D eigenvalue weighted by Crippen LogP contribution is 2.32. The molecule has 12 heavy (non-hydrogen) atoms. The van der Waals surface area contributed by atoms with Crippen molar-refractivity contribution in [2.45, 2.75) is 19.4 Å². The van der Waals surface area contributed by atoms with Crippen molar-refractivity contribution >= 4 is 0 Å². The summed E-state index contributed by atoms with van der Waals surface area (Å²) >= 11 is 0. The van der Waals surface area contributed by atoms with E-state index in [1.54, 1.807) is 0 Å². The summed E-state index contributed by atoms with van der Waals surface area (Å²) < 4.78 is 5.41. The van der Waals surface area contributed by atoms with Gasteiger partial charge in [0.2, 0.25) is 0 Å². The van der Waals surface area contributed by atoms with Crippen molar-refractivity contribution in [3.63, 3.8) is 0 Å². The zero-order valence-electron chi connectivity index (χ0n) is 7.08. The standard InChI is InChI=1S/C10H12O2/c1-7-2-3-8-9(11)4-5-12-10(8)6-7/h2-3,6,9,11H,4-5H2,1H3/t9-/m0/s1. The Kier molecular flexibility index (Phi) is 1.77. The number of aliphatic hydroxyl groups excluding tert-OH is 1. The van der Waals surface area contributed by atoms with E-state index in [4.69, 9.17) is 4.74 Å². The maximum Gasteiger partial charge on any atom is 0.125 e. The summed E-state index contributed by atoms with van der Waals surface area (Å²) in [7, 11) is 0. The van der Waals surface area contributed by atoms with Crippen LogP contribution in [0.2, 0.25) is 0 Å². The van der Waals surface area contributed by atoms with Gasteiger partial charge in [-0.15, -0.1) is 0 Å². The molecule has 0 fully saturated rings. The minimum Gasteiger partial charge on any atom is -0.493 e. The highest BCUT2D eigenvalue weighted by Gasteiger charge is 2.18. The van der Waals surface area contributed by atoms with Gasteiger partial charge in [-0.1, -0.05) is 12.1 Å². The largest absolute Gasteiger partial charge is 0.493 e. The third kappa shape index (κ3) is 1.18. The van der Waals surface area contributed by atoms with Crippen LogP contribution in [-0.4, -0.2) is 11.7 Å². The first-order valence-electron chi connectivity index (χ1n) is 4.19. The van der Waals surface area contributed by atoms with Crippen LogP contribution in [0, 0.1) is 6.92 Å². The summed E-state index contributed by atoms with van der Waals surface area (Å²) in [5, 5.41) is 9.57. The van der Waals surface area contributed by atoms with E-state index in [0.717, 1.165) is 11.3 Å². The SMILES string of the molecule is Cc1ccc2c(c1)OCC[C@@H]2O. The van der Waals surface area contributed by atoms with Crippen LogP contribution in [0.25, 0.3) is 0 Å². The Morgan fingerprint density at radius 3 is 3.17 bits per heavy atom. The van der Waals surface area contributed by atoms with Crippen LogP contribution in [0.5, 0.6) is 5.75 Å². The molecular weight excluding hydrogens is 152 g/mol. The highest BCUT2D eigenvalue weighted by molar-refractivity contribution is 5.39. The summed E-state index contributed by atoms with van der Waals surface area (Å²) in [6, 6.07) is 5.91. The van der Waals surface area contributed by atoms with Crippen molar-refractivity contribution in [2.75, 3.05) is 6.61 Å². The number of fused-ring (bicyclic) bond motifs is 1. The van der Waals surface area contributed by atoms with Gasteiger partial charge in [-0.05, 0) is 18.6 Å². The molecule has 0 amide bonds. The molecule has 1 atom stereocenters. The van der Waals surface area contributed by atoms with E-state index in [1.807, 2.05) is 25.1 Å². The lowest BCUT2D eigenvalue weighted by molar-refractivity contribution is 0.115. The molecule has 2 heteroatoms. The van der Waals surface area contributed by atoms with Gasteiger partial charge in [-0.2, -0.15) is 0 Å². The molecule has 2 nitrogen and oxygen atoms in total. The summed E-state index contributed by atoms with van der Waals surface area (Å²) in [4.78, 5) is 0. The van der Waals surface area contributed by atoms with Crippen molar-refractivity contribution in [1.29, 1.82) is 0 Å². The van der Waals surface area contributed by atoms with Crippen LogP contribution in [-0.2, 0) is 0 Å². The Bertz CT molecular complexity index is 294. The molecule has 1 heterocycles. The monoisotopic (exact) mass is 164 g/mol. The van der Waals surface area contributed by atoms with Crippen LogP contribution in [0.15, 0.2) is 18.2 Å². The minimum absolute atomic E-state index is 0.339. The first-order chi connectivity index (χ1) is 5.77. The molecule has 0 saturated heterocycles. The molecule has 1 aliphatic heterocycles. The second-order valence-corrected chi connectivity index (χ2v) is 3.19. The van der Waals surface area contributed by atoms with E-state index in [1.165, 1.54) is 5.56 Å². The van der Waals surface area contributed by atoms with Gasteiger partial charge in [-0.25, -0.2) is 0 Å². The maximum absolute atomic E-state index is 9.57. The number of aryl methyl sites for hydroxylation is 1. The Balaban J connectivity index is 2.46. The van der Waals surface area contributed by atoms with Gasteiger partial charge in [0, 0.05) is 12.0 Å². The third-order valence-electron chi connectivity index (χ3n) is 2.18. The summed E-state index contributed by atoms with van der Waals surface area (Å²) in [5.74, 6) is 0.841. The molecule has 0 bridgehead atoms. The van der Waals surface area contributed by atoms with Gasteiger partial charge in [-0.3, -0.25) is 0 Å². The quantitative estimate of drug-likeness (QED) is 0.633. The highest BCUT2D eigenvalue weighted by atomic mass is 16.5. The summed E-state index contributed by atoms with van der Waals surface area (Å²) in [5.41, 5.74) is 2.09. The average molecular weight is 164 g/mol. The molecule has 0 aromatic heterocycles. The van der Waals surface area contributed by atoms with Gasteiger partial charge >= 0.3 is 0 Å². The number of hydrogen-bond donors (Lipinski definition) is 1. The number of ether oxygens (including phenoxy) is 1. The van der Waals surface area contributed by atoms with Gasteiger partial charge in [0.25, 0.3) is 0 Å². The van der Waals surface area contributed by atoms with E-state index < -0.39 is 0 Å². The fourth-order valence-corrected chi connectivity index (χ4v) is 1.48. The van der Waals surface area contributed by atoms with Gasteiger partial charge in [0.15, 0.2) is 0 Å². The fourth-order valence-electron chi connectivity index (χ4n) is 1.48. The Morgan fingerprint density at radius 1 is 1.50 bits per heavy atom. The van der Waals surface area contributed by atoms with Crippen LogP contribution < -0.4 is 4.74 Å². The van der Waals surface area contributed by atoms with Crippen molar-refractivity contribution < 1.29 is 9.84 Å². The molecule has 1 N–H and O–H groups in total. The number of aliphatic hydroxyl groups is 1. The molecule has 1 aromatic rings. The minimum atomic E-state index is -0.339. The normalized spacial score (nSPS) is 21.3. The molecule has 0 aliphatic carbocycles. The molecule has 2 rings (SSSR count). The molecule has 1 aliphatic rings. The molecular formula is C10H12O2. The molecule has 0 radical (unpaired) electrons. The topological polar surface area (TPSA) is 29.5 Å². The van der Waals surface area contributed by atoms with E-state index >= 15 is 0 Å². The number of benzene rings is 1. The average Bonchev–Trinajstić information content (AvgIpc) is 2.04. The van der Waals surface area contributed by atoms with E-state index in [0.29, 0.717) is 13.0 Å². The predicted molar refractivity (Wildman–Crippen MR) is 46.3 cm³/mol. The van der Waals surface area contributed by atoms with Crippen LogP contribution in [0.3, 0.4) is 0 Å². The Morgan fingerprint density at radius 2 is 2.33 bits per heavy atom. The van der Waals surface area contributed by atoms with E-state index in [2.05, 4.69) is 0 Å². The Labute approximate surface area is 71.8 Å². The fraction of sp³-hybridized carbons (Fsp3) is 0.400.